The quantitative estimate of drug-likeness (QED) is 0.864. The molecule has 1 saturated heterocycles. The first-order valence-corrected chi connectivity index (χ1v) is 6.59. The first-order chi connectivity index (χ1) is 8.72. The Kier molecular flexibility index (Phi) is 3.14. The number of hydrogen-bond acceptors (Lipinski definition) is 4. The van der Waals surface area contributed by atoms with Crippen molar-refractivity contribution in [2.24, 2.45) is 5.73 Å². The molecule has 0 unspecified atom stereocenters. The molecule has 2 heterocycles. The van der Waals surface area contributed by atoms with Gasteiger partial charge in [-0.25, -0.2) is 0 Å². The maximum absolute atomic E-state index is 5.93. The van der Waals surface area contributed by atoms with E-state index in [1.54, 1.807) is 0 Å². The van der Waals surface area contributed by atoms with Gasteiger partial charge in [0.25, 0.3) is 0 Å². The average Bonchev–Trinajstić information content (AvgIpc) is 2.79. The minimum Gasteiger partial charge on any atom is -0.454 e. The molecule has 1 aromatic carbocycles. The van der Waals surface area contributed by atoms with Crippen molar-refractivity contribution in [3.8, 4) is 11.5 Å². The summed E-state index contributed by atoms with van der Waals surface area (Å²) in [5.74, 6) is 1.75. The van der Waals surface area contributed by atoms with Crippen LogP contribution >= 0.6 is 0 Å². The SMILES string of the molecule is Cc1cc2c(cc1CN1CCC(N)CC1)OCO2. The van der Waals surface area contributed by atoms with Crippen LogP contribution in [0.25, 0.3) is 0 Å². The number of nitrogens with zero attached hydrogens (tertiary/aromatic N) is 1. The van der Waals surface area contributed by atoms with E-state index in [-0.39, 0.29) is 0 Å². The number of hydrogen-bond donors (Lipinski definition) is 1. The maximum Gasteiger partial charge on any atom is 0.231 e. The molecule has 1 aromatic rings. The molecule has 0 spiro atoms. The van der Waals surface area contributed by atoms with Gasteiger partial charge in [-0.1, -0.05) is 0 Å². The van der Waals surface area contributed by atoms with E-state index in [0.29, 0.717) is 12.8 Å². The maximum atomic E-state index is 5.93. The zero-order valence-electron chi connectivity index (χ0n) is 10.8. The summed E-state index contributed by atoms with van der Waals surface area (Å²) in [5, 5.41) is 0. The third-order valence-electron chi connectivity index (χ3n) is 3.86. The molecule has 0 radical (unpaired) electrons. The Morgan fingerprint density at radius 3 is 2.61 bits per heavy atom. The van der Waals surface area contributed by atoms with Crippen LogP contribution in [-0.4, -0.2) is 30.8 Å². The topological polar surface area (TPSA) is 47.7 Å². The zero-order chi connectivity index (χ0) is 12.5. The summed E-state index contributed by atoms with van der Waals surface area (Å²) in [5.41, 5.74) is 8.53. The number of piperidine rings is 1. The molecule has 2 aliphatic heterocycles. The molecular formula is C14H20N2O2. The lowest BCUT2D eigenvalue weighted by atomic mass is 10.0. The Morgan fingerprint density at radius 2 is 1.89 bits per heavy atom. The molecule has 0 atom stereocenters. The molecule has 18 heavy (non-hydrogen) atoms. The summed E-state index contributed by atoms with van der Waals surface area (Å²) in [6.45, 7) is 5.64. The number of ether oxygens (including phenoxy) is 2. The summed E-state index contributed by atoms with van der Waals surface area (Å²) in [4.78, 5) is 2.47. The van der Waals surface area contributed by atoms with E-state index in [0.717, 1.165) is 44.0 Å². The number of fused-ring (bicyclic) bond motifs is 1. The standard InChI is InChI=1S/C14H20N2O2/c1-10-6-13-14(18-9-17-13)7-11(10)8-16-4-2-12(15)3-5-16/h6-7,12H,2-5,8-9,15H2,1H3. The van der Waals surface area contributed by atoms with Gasteiger partial charge in [-0.2, -0.15) is 0 Å². The Labute approximate surface area is 108 Å². The van der Waals surface area contributed by atoms with Gasteiger partial charge in [-0.3, -0.25) is 4.90 Å². The van der Waals surface area contributed by atoms with Gasteiger partial charge >= 0.3 is 0 Å². The molecule has 2 N–H and O–H groups in total. The fourth-order valence-electron chi connectivity index (χ4n) is 2.61. The van der Waals surface area contributed by atoms with Crippen LogP contribution in [0, 0.1) is 6.92 Å². The highest BCUT2D eigenvalue weighted by molar-refractivity contribution is 5.48. The third kappa shape index (κ3) is 2.31. The number of rotatable bonds is 2. The van der Waals surface area contributed by atoms with Crippen LogP contribution in [0.1, 0.15) is 24.0 Å². The van der Waals surface area contributed by atoms with Gasteiger partial charge in [0.1, 0.15) is 0 Å². The predicted molar refractivity (Wildman–Crippen MR) is 69.8 cm³/mol. The number of likely N-dealkylation sites (tertiary alicyclic amines) is 1. The summed E-state index contributed by atoms with van der Waals surface area (Å²) >= 11 is 0. The summed E-state index contributed by atoms with van der Waals surface area (Å²) in [6.07, 6.45) is 2.20. The van der Waals surface area contributed by atoms with Crippen LogP contribution in [0.2, 0.25) is 0 Å². The molecule has 0 aliphatic carbocycles. The van der Waals surface area contributed by atoms with Crippen molar-refractivity contribution < 1.29 is 9.47 Å². The van der Waals surface area contributed by atoms with Crippen molar-refractivity contribution in [1.29, 1.82) is 0 Å². The highest BCUT2D eigenvalue weighted by Crippen LogP contribution is 2.35. The Morgan fingerprint density at radius 1 is 1.22 bits per heavy atom. The van der Waals surface area contributed by atoms with Gasteiger partial charge < -0.3 is 15.2 Å². The highest BCUT2D eigenvalue weighted by atomic mass is 16.7. The molecule has 1 fully saturated rings. The first-order valence-electron chi connectivity index (χ1n) is 6.59. The first kappa shape index (κ1) is 11.8. The molecule has 4 heteroatoms. The van der Waals surface area contributed by atoms with Crippen LogP contribution in [0.4, 0.5) is 0 Å². The Bertz CT molecular complexity index is 440. The van der Waals surface area contributed by atoms with Crippen LogP contribution < -0.4 is 15.2 Å². The Hall–Kier alpha value is -1.26. The second-order valence-electron chi connectivity index (χ2n) is 5.25. The van der Waals surface area contributed by atoms with Crippen molar-refractivity contribution in [3.05, 3.63) is 23.3 Å². The molecule has 3 rings (SSSR count). The minimum absolute atomic E-state index is 0.344. The molecule has 98 valence electrons. The fraction of sp³-hybridized carbons (Fsp3) is 0.571. The molecule has 2 aliphatic rings. The minimum atomic E-state index is 0.344. The monoisotopic (exact) mass is 248 g/mol. The largest absolute Gasteiger partial charge is 0.454 e. The predicted octanol–water partition coefficient (Wildman–Crippen LogP) is 1.65. The normalized spacial score (nSPS) is 20.3. The molecule has 0 bridgehead atoms. The van der Waals surface area contributed by atoms with Crippen molar-refractivity contribution in [3.63, 3.8) is 0 Å². The van der Waals surface area contributed by atoms with Crippen molar-refractivity contribution in [2.45, 2.75) is 32.4 Å². The van der Waals surface area contributed by atoms with E-state index in [1.165, 1.54) is 11.1 Å². The lowest BCUT2D eigenvalue weighted by molar-refractivity contribution is 0.173. The number of aryl methyl sites for hydroxylation is 1. The van der Waals surface area contributed by atoms with E-state index in [4.69, 9.17) is 15.2 Å². The molecule has 4 nitrogen and oxygen atoms in total. The van der Waals surface area contributed by atoms with E-state index in [1.807, 2.05) is 0 Å². The van der Waals surface area contributed by atoms with E-state index >= 15 is 0 Å². The summed E-state index contributed by atoms with van der Waals surface area (Å²) in [7, 11) is 0. The smallest absolute Gasteiger partial charge is 0.231 e. The van der Waals surface area contributed by atoms with Crippen molar-refractivity contribution in [1.82, 2.24) is 4.90 Å². The fourth-order valence-corrected chi connectivity index (χ4v) is 2.61. The average molecular weight is 248 g/mol. The second kappa shape index (κ2) is 4.78. The molecule has 0 aromatic heterocycles. The Balaban J connectivity index is 1.73. The van der Waals surface area contributed by atoms with Gasteiger partial charge in [0, 0.05) is 12.6 Å². The van der Waals surface area contributed by atoms with E-state index < -0.39 is 0 Å². The summed E-state index contributed by atoms with van der Waals surface area (Å²) in [6, 6.07) is 4.58. The van der Waals surface area contributed by atoms with Crippen LogP contribution in [-0.2, 0) is 6.54 Å². The summed E-state index contributed by atoms with van der Waals surface area (Å²) < 4.78 is 10.8. The van der Waals surface area contributed by atoms with E-state index in [9.17, 15) is 0 Å². The number of nitrogens with two attached hydrogens (primary N) is 1. The zero-order valence-corrected chi connectivity index (χ0v) is 10.8. The molecule has 0 amide bonds. The van der Waals surface area contributed by atoms with Gasteiger partial charge in [0.05, 0.1) is 0 Å². The van der Waals surface area contributed by atoms with Crippen LogP contribution in [0.3, 0.4) is 0 Å². The third-order valence-corrected chi connectivity index (χ3v) is 3.86. The lowest BCUT2D eigenvalue weighted by Crippen LogP contribution is -2.39. The van der Waals surface area contributed by atoms with Crippen molar-refractivity contribution in [2.75, 3.05) is 19.9 Å². The van der Waals surface area contributed by atoms with Crippen molar-refractivity contribution >= 4 is 0 Å². The molecule has 0 saturated carbocycles. The number of benzene rings is 1. The lowest BCUT2D eigenvalue weighted by Gasteiger charge is -2.30. The van der Waals surface area contributed by atoms with Gasteiger partial charge in [0.15, 0.2) is 11.5 Å². The molecular weight excluding hydrogens is 228 g/mol. The van der Waals surface area contributed by atoms with Crippen LogP contribution in [0.5, 0.6) is 11.5 Å². The van der Waals surface area contributed by atoms with Crippen LogP contribution in [0.15, 0.2) is 12.1 Å². The van der Waals surface area contributed by atoms with Gasteiger partial charge in [0.2, 0.25) is 6.79 Å². The highest BCUT2D eigenvalue weighted by Gasteiger charge is 2.19. The van der Waals surface area contributed by atoms with Gasteiger partial charge in [-0.05, 0) is 56.1 Å². The van der Waals surface area contributed by atoms with E-state index in [2.05, 4.69) is 24.0 Å². The van der Waals surface area contributed by atoms with Gasteiger partial charge in [-0.15, -0.1) is 0 Å². The second-order valence-corrected chi connectivity index (χ2v) is 5.25.